The first kappa shape index (κ1) is 29.9. The van der Waals surface area contributed by atoms with Gasteiger partial charge in [-0.25, -0.2) is 4.98 Å². The predicted molar refractivity (Wildman–Crippen MR) is 218 cm³/mol. The molecule has 0 aliphatic carbocycles. The van der Waals surface area contributed by atoms with Crippen LogP contribution in [-0.2, 0) is 0 Å². The number of hydrogen-bond acceptors (Lipinski definition) is 3. The van der Waals surface area contributed by atoms with Crippen molar-refractivity contribution in [2.75, 3.05) is 4.90 Å². The van der Waals surface area contributed by atoms with E-state index < -0.39 is 0 Å². The third kappa shape index (κ3) is 5.37. The SMILES string of the molecule is c1ccc2cc(-c3ccc(N(c4ccc(-c5ccc6ccccc6c5)cc4)c4ccc(-c5nc6c(ccc7ccccc76)o5)cc4)cc3)ccc2c1. The summed E-state index contributed by atoms with van der Waals surface area (Å²) >= 11 is 0. The van der Waals surface area contributed by atoms with Gasteiger partial charge in [0.1, 0.15) is 5.52 Å². The maximum absolute atomic E-state index is 6.27. The van der Waals surface area contributed by atoms with Crippen molar-refractivity contribution in [2.24, 2.45) is 0 Å². The summed E-state index contributed by atoms with van der Waals surface area (Å²) < 4.78 is 6.27. The number of rotatable bonds is 6. The first-order valence-electron chi connectivity index (χ1n) is 17.6. The molecule has 0 aliphatic heterocycles. The summed E-state index contributed by atoms with van der Waals surface area (Å²) in [6.45, 7) is 0. The maximum Gasteiger partial charge on any atom is 0.227 e. The number of nitrogens with zero attached hydrogens (tertiary/aromatic N) is 2. The van der Waals surface area contributed by atoms with Gasteiger partial charge in [0.15, 0.2) is 5.58 Å². The van der Waals surface area contributed by atoms with Gasteiger partial charge in [0.2, 0.25) is 5.89 Å². The molecular formula is C49H32N2O. The lowest BCUT2D eigenvalue weighted by Crippen LogP contribution is -2.09. The highest BCUT2D eigenvalue weighted by molar-refractivity contribution is 6.04. The maximum atomic E-state index is 6.27. The number of hydrogen-bond donors (Lipinski definition) is 0. The highest BCUT2D eigenvalue weighted by Gasteiger charge is 2.16. The Morgan fingerprint density at radius 1 is 0.346 bits per heavy atom. The zero-order valence-electron chi connectivity index (χ0n) is 28.3. The van der Waals surface area contributed by atoms with Gasteiger partial charge in [-0.05, 0) is 116 Å². The van der Waals surface area contributed by atoms with E-state index >= 15 is 0 Å². The predicted octanol–water partition coefficient (Wildman–Crippen LogP) is 13.8. The molecule has 244 valence electrons. The smallest absolute Gasteiger partial charge is 0.227 e. The van der Waals surface area contributed by atoms with Gasteiger partial charge < -0.3 is 9.32 Å². The van der Waals surface area contributed by atoms with Crippen molar-refractivity contribution in [1.29, 1.82) is 0 Å². The molecule has 0 atom stereocenters. The Bertz CT molecular complexity index is 2760. The van der Waals surface area contributed by atoms with Gasteiger partial charge in [0, 0.05) is 28.0 Å². The highest BCUT2D eigenvalue weighted by atomic mass is 16.3. The fourth-order valence-corrected chi connectivity index (χ4v) is 7.33. The summed E-state index contributed by atoms with van der Waals surface area (Å²) in [5.41, 5.74) is 10.6. The van der Waals surface area contributed by atoms with E-state index in [0.717, 1.165) is 44.5 Å². The van der Waals surface area contributed by atoms with Gasteiger partial charge in [-0.1, -0.05) is 127 Å². The zero-order valence-corrected chi connectivity index (χ0v) is 28.3. The van der Waals surface area contributed by atoms with E-state index in [-0.39, 0.29) is 0 Å². The highest BCUT2D eigenvalue weighted by Crippen LogP contribution is 2.39. The Balaban J connectivity index is 1.02. The third-order valence-electron chi connectivity index (χ3n) is 10.1. The van der Waals surface area contributed by atoms with Crippen LogP contribution in [0.5, 0.6) is 0 Å². The first-order chi connectivity index (χ1) is 25.7. The van der Waals surface area contributed by atoms with E-state index in [9.17, 15) is 0 Å². The molecule has 52 heavy (non-hydrogen) atoms. The Morgan fingerprint density at radius 3 is 1.31 bits per heavy atom. The molecule has 0 fully saturated rings. The third-order valence-corrected chi connectivity index (χ3v) is 10.1. The molecule has 0 unspecified atom stereocenters. The molecule has 3 heteroatoms. The Morgan fingerprint density at radius 2 is 0.769 bits per heavy atom. The van der Waals surface area contributed by atoms with Gasteiger partial charge in [0.05, 0.1) is 0 Å². The van der Waals surface area contributed by atoms with Gasteiger partial charge in [-0.15, -0.1) is 0 Å². The molecule has 0 saturated carbocycles. The van der Waals surface area contributed by atoms with E-state index in [2.05, 4.69) is 181 Å². The second kappa shape index (κ2) is 12.4. The molecular weight excluding hydrogens is 633 g/mol. The standard InChI is InChI=1S/C49H32N2O/c1-3-10-39-31-41(15-13-33(39)7-1)35-17-24-43(25-18-35)51(44-26-19-36(20-27-44)42-16-14-34-8-2-4-11-40(34)32-42)45-28-21-38(22-29-45)49-50-48-46-12-6-5-9-37(46)23-30-47(48)52-49/h1-32H. The van der Waals surface area contributed by atoms with E-state index in [1.54, 1.807) is 0 Å². The van der Waals surface area contributed by atoms with Crippen molar-refractivity contribution < 1.29 is 4.42 Å². The van der Waals surface area contributed by atoms with Crippen LogP contribution in [0.25, 0.3) is 77.1 Å². The average molecular weight is 665 g/mol. The lowest BCUT2D eigenvalue weighted by atomic mass is 10.00. The molecule has 0 amide bonds. The van der Waals surface area contributed by atoms with Crippen LogP contribution in [0, 0.1) is 0 Å². The molecule has 0 aliphatic rings. The van der Waals surface area contributed by atoms with Crippen LogP contribution in [-0.4, -0.2) is 4.98 Å². The molecule has 1 aromatic heterocycles. The minimum absolute atomic E-state index is 0.615. The van der Waals surface area contributed by atoms with Crippen molar-refractivity contribution in [3.8, 4) is 33.7 Å². The van der Waals surface area contributed by atoms with E-state index in [0.29, 0.717) is 5.89 Å². The summed E-state index contributed by atoms with van der Waals surface area (Å²) in [4.78, 5) is 7.24. The van der Waals surface area contributed by atoms with Crippen LogP contribution in [0.1, 0.15) is 0 Å². The van der Waals surface area contributed by atoms with Crippen molar-refractivity contribution in [3.05, 3.63) is 194 Å². The molecule has 0 N–H and O–H groups in total. The van der Waals surface area contributed by atoms with Crippen LogP contribution < -0.4 is 4.90 Å². The fraction of sp³-hybridized carbons (Fsp3) is 0. The van der Waals surface area contributed by atoms with Crippen LogP contribution in [0.4, 0.5) is 17.1 Å². The normalized spacial score (nSPS) is 11.5. The quantitative estimate of drug-likeness (QED) is 0.177. The molecule has 9 aromatic carbocycles. The van der Waals surface area contributed by atoms with Gasteiger partial charge in [-0.2, -0.15) is 0 Å². The Labute approximate surface area is 301 Å². The van der Waals surface area contributed by atoms with Gasteiger partial charge in [-0.3, -0.25) is 0 Å². The minimum Gasteiger partial charge on any atom is -0.436 e. The lowest BCUT2D eigenvalue weighted by molar-refractivity contribution is 0.620. The summed E-state index contributed by atoms with van der Waals surface area (Å²) in [6, 6.07) is 68.9. The number of oxazole rings is 1. The number of fused-ring (bicyclic) bond motifs is 5. The lowest BCUT2D eigenvalue weighted by Gasteiger charge is -2.26. The summed E-state index contributed by atoms with van der Waals surface area (Å²) in [6.07, 6.45) is 0. The topological polar surface area (TPSA) is 29.3 Å². The van der Waals surface area contributed by atoms with E-state index in [1.165, 1.54) is 43.8 Å². The van der Waals surface area contributed by atoms with Gasteiger partial charge >= 0.3 is 0 Å². The van der Waals surface area contributed by atoms with Crippen molar-refractivity contribution in [2.45, 2.75) is 0 Å². The molecule has 10 aromatic rings. The van der Waals surface area contributed by atoms with Gasteiger partial charge in [0.25, 0.3) is 0 Å². The van der Waals surface area contributed by atoms with Crippen LogP contribution >= 0.6 is 0 Å². The summed E-state index contributed by atoms with van der Waals surface area (Å²) in [5, 5.41) is 7.22. The van der Waals surface area contributed by atoms with E-state index in [4.69, 9.17) is 9.40 Å². The van der Waals surface area contributed by atoms with Crippen molar-refractivity contribution >= 4 is 60.5 Å². The molecule has 10 rings (SSSR count). The van der Waals surface area contributed by atoms with Crippen molar-refractivity contribution in [1.82, 2.24) is 4.98 Å². The molecule has 0 radical (unpaired) electrons. The molecule has 3 nitrogen and oxygen atoms in total. The molecule has 0 spiro atoms. The number of aromatic nitrogens is 1. The van der Waals surface area contributed by atoms with Crippen LogP contribution in [0.15, 0.2) is 199 Å². The Hall–Kier alpha value is -6.97. The monoisotopic (exact) mass is 664 g/mol. The zero-order chi connectivity index (χ0) is 34.4. The largest absolute Gasteiger partial charge is 0.436 e. The average Bonchev–Trinajstić information content (AvgIpc) is 3.67. The number of benzene rings is 9. The van der Waals surface area contributed by atoms with Crippen molar-refractivity contribution in [3.63, 3.8) is 0 Å². The van der Waals surface area contributed by atoms with Crippen LogP contribution in [0.2, 0.25) is 0 Å². The molecule has 0 bridgehead atoms. The summed E-state index contributed by atoms with van der Waals surface area (Å²) in [5.74, 6) is 0.615. The molecule has 1 heterocycles. The minimum atomic E-state index is 0.615. The molecule has 0 saturated heterocycles. The number of anilines is 3. The first-order valence-corrected chi connectivity index (χ1v) is 17.6. The van der Waals surface area contributed by atoms with Crippen LogP contribution in [0.3, 0.4) is 0 Å². The fourth-order valence-electron chi connectivity index (χ4n) is 7.33. The summed E-state index contributed by atoms with van der Waals surface area (Å²) in [7, 11) is 0. The Kier molecular flexibility index (Phi) is 7.14. The second-order valence-electron chi connectivity index (χ2n) is 13.3. The second-order valence-corrected chi connectivity index (χ2v) is 13.3. The van der Waals surface area contributed by atoms with E-state index in [1.807, 2.05) is 18.2 Å².